The Bertz CT molecular complexity index is 623. The number of benzene rings is 1. The van der Waals surface area contributed by atoms with Crippen molar-refractivity contribution < 1.29 is 18.8 Å². The first-order valence-electron chi connectivity index (χ1n) is 7.52. The van der Waals surface area contributed by atoms with Gasteiger partial charge in [0.2, 0.25) is 0 Å². The van der Waals surface area contributed by atoms with Crippen LogP contribution in [0.15, 0.2) is 18.2 Å². The molecule has 0 spiro atoms. The Morgan fingerprint density at radius 3 is 2.18 bits per heavy atom. The smallest absolute Gasteiger partial charge is 0.476 e. The van der Waals surface area contributed by atoms with E-state index < -0.39 is 12.7 Å². The Morgan fingerprint density at radius 2 is 1.59 bits per heavy atom. The normalized spacial score (nSPS) is 24.5. The summed E-state index contributed by atoms with van der Waals surface area (Å²) in [5.41, 5.74) is -0.111. The molecule has 0 aromatic heterocycles. The molecule has 6 heteroatoms. The molecule has 1 aromatic rings. The standard InChI is InChI=1S/C16H22BNO4/c1-14(2)13(19)18-11-8-7-10(9-12(11)20-14)17-21-15(3,4)16(5,6)22-17/h7-9H,1-6H3,(H,18,19). The molecule has 0 bridgehead atoms. The van der Waals surface area contributed by atoms with Gasteiger partial charge in [0.1, 0.15) is 5.75 Å². The first kappa shape index (κ1) is 15.4. The lowest BCUT2D eigenvalue weighted by Gasteiger charge is -2.32. The Morgan fingerprint density at radius 1 is 1.00 bits per heavy atom. The second-order valence-electron chi connectivity index (χ2n) is 7.41. The molecule has 0 saturated carbocycles. The fourth-order valence-corrected chi connectivity index (χ4v) is 2.45. The van der Waals surface area contributed by atoms with Crippen molar-refractivity contribution in [3.05, 3.63) is 18.2 Å². The van der Waals surface area contributed by atoms with Gasteiger partial charge in [0.05, 0.1) is 16.9 Å². The van der Waals surface area contributed by atoms with E-state index in [9.17, 15) is 4.79 Å². The molecule has 1 aromatic carbocycles. The largest absolute Gasteiger partial charge is 0.494 e. The lowest BCUT2D eigenvalue weighted by atomic mass is 9.79. The molecule has 0 atom stereocenters. The highest BCUT2D eigenvalue weighted by Crippen LogP contribution is 2.38. The van der Waals surface area contributed by atoms with Crippen molar-refractivity contribution in [1.82, 2.24) is 0 Å². The minimum Gasteiger partial charge on any atom is -0.476 e. The van der Waals surface area contributed by atoms with Gasteiger partial charge in [0, 0.05) is 0 Å². The maximum absolute atomic E-state index is 11.9. The first-order valence-corrected chi connectivity index (χ1v) is 7.52. The summed E-state index contributed by atoms with van der Waals surface area (Å²) in [6, 6.07) is 5.59. The van der Waals surface area contributed by atoms with Crippen LogP contribution in [0, 0.1) is 0 Å². The monoisotopic (exact) mass is 303 g/mol. The lowest BCUT2D eigenvalue weighted by Crippen LogP contribution is -2.46. The molecule has 22 heavy (non-hydrogen) atoms. The molecule has 118 valence electrons. The van der Waals surface area contributed by atoms with Crippen molar-refractivity contribution in [2.24, 2.45) is 0 Å². The van der Waals surface area contributed by atoms with Crippen LogP contribution < -0.4 is 15.5 Å². The predicted octanol–water partition coefficient (Wildman–Crippen LogP) is 2.10. The highest BCUT2D eigenvalue weighted by molar-refractivity contribution is 6.62. The quantitative estimate of drug-likeness (QED) is 0.807. The lowest BCUT2D eigenvalue weighted by molar-refractivity contribution is -0.129. The molecule has 3 rings (SSSR count). The van der Waals surface area contributed by atoms with Crippen molar-refractivity contribution in [2.45, 2.75) is 58.3 Å². The number of rotatable bonds is 1. The van der Waals surface area contributed by atoms with Crippen LogP contribution in [0.5, 0.6) is 5.75 Å². The van der Waals surface area contributed by atoms with Gasteiger partial charge in [-0.3, -0.25) is 4.79 Å². The average Bonchev–Trinajstić information content (AvgIpc) is 2.59. The van der Waals surface area contributed by atoms with Gasteiger partial charge in [-0.1, -0.05) is 6.07 Å². The number of ether oxygens (including phenoxy) is 1. The summed E-state index contributed by atoms with van der Waals surface area (Å²) < 4.78 is 17.9. The molecule has 1 saturated heterocycles. The molecule has 0 unspecified atom stereocenters. The van der Waals surface area contributed by atoms with E-state index in [2.05, 4.69) is 5.32 Å². The predicted molar refractivity (Wildman–Crippen MR) is 85.5 cm³/mol. The fraction of sp³-hybridized carbons (Fsp3) is 0.562. The summed E-state index contributed by atoms with van der Waals surface area (Å²) in [6.45, 7) is 11.6. The molecule has 5 nitrogen and oxygen atoms in total. The molecular formula is C16H22BNO4. The molecule has 2 heterocycles. The SMILES string of the molecule is CC1(C)Oc2cc(B3OC(C)(C)C(C)(C)O3)ccc2NC1=O. The zero-order valence-electron chi connectivity index (χ0n) is 13.9. The topological polar surface area (TPSA) is 56.8 Å². The highest BCUT2D eigenvalue weighted by Gasteiger charge is 2.52. The van der Waals surface area contributed by atoms with Gasteiger partial charge in [-0.2, -0.15) is 0 Å². The molecule has 0 aliphatic carbocycles. The van der Waals surface area contributed by atoms with E-state index in [4.69, 9.17) is 14.0 Å². The summed E-state index contributed by atoms with van der Waals surface area (Å²) >= 11 is 0. The summed E-state index contributed by atoms with van der Waals surface area (Å²) in [5, 5.41) is 2.85. The van der Waals surface area contributed by atoms with E-state index in [0.29, 0.717) is 11.4 Å². The number of carbonyl (C=O) groups excluding carboxylic acids is 1. The van der Waals surface area contributed by atoms with Crippen LogP contribution in [0.25, 0.3) is 0 Å². The number of anilines is 1. The molecule has 1 amide bonds. The van der Waals surface area contributed by atoms with E-state index in [1.807, 2.05) is 45.9 Å². The fourth-order valence-electron chi connectivity index (χ4n) is 2.45. The van der Waals surface area contributed by atoms with Crippen molar-refractivity contribution in [3.63, 3.8) is 0 Å². The molecule has 2 aliphatic heterocycles. The van der Waals surface area contributed by atoms with Crippen LogP contribution in [0.2, 0.25) is 0 Å². The summed E-state index contributed by atoms with van der Waals surface area (Å²) in [7, 11) is -0.445. The maximum atomic E-state index is 11.9. The molecule has 2 aliphatic rings. The first-order chi connectivity index (χ1) is 10.0. The molecule has 0 radical (unpaired) electrons. The van der Waals surface area contributed by atoms with Gasteiger partial charge in [-0.05, 0) is 59.1 Å². The maximum Gasteiger partial charge on any atom is 0.494 e. The Kier molecular flexibility index (Phi) is 3.14. The van der Waals surface area contributed by atoms with Gasteiger partial charge < -0.3 is 19.4 Å². The second kappa shape index (κ2) is 4.49. The van der Waals surface area contributed by atoms with Crippen LogP contribution in [0.3, 0.4) is 0 Å². The number of carbonyl (C=O) groups is 1. The van der Waals surface area contributed by atoms with E-state index in [1.165, 1.54) is 0 Å². The van der Waals surface area contributed by atoms with E-state index in [0.717, 1.165) is 5.46 Å². The summed E-state index contributed by atoms with van der Waals surface area (Å²) in [6.07, 6.45) is 0. The third kappa shape index (κ3) is 2.30. The minimum absolute atomic E-state index is 0.150. The Hall–Kier alpha value is -1.53. The van der Waals surface area contributed by atoms with Crippen molar-refractivity contribution in [1.29, 1.82) is 0 Å². The van der Waals surface area contributed by atoms with Crippen LogP contribution in [-0.4, -0.2) is 29.8 Å². The van der Waals surface area contributed by atoms with Gasteiger partial charge in [0.15, 0.2) is 5.60 Å². The second-order valence-corrected chi connectivity index (χ2v) is 7.41. The molecule has 1 N–H and O–H groups in total. The van der Waals surface area contributed by atoms with E-state index in [1.54, 1.807) is 13.8 Å². The van der Waals surface area contributed by atoms with Gasteiger partial charge in [0.25, 0.3) is 5.91 Å². The Balaban J connectivity index is 1.91. The number of hydrogen-bond donors (Lipinski definition) is 1. The highest BCUT2D eigenvalue weighted by atomic mass is 16.7. The van der Waals surface area contributed by atoms with Crippen LogP contribution in [0.1, 0.15) is 41.5 Å². The van der Waals surface area contributed by atoms with Gasteiger partial charge in [-0.25, -0.2) is 0 Å². The summed E-state index contributed by atoms with van der Waals surface area (Å²) in [5.74, 6) is 0.486. The van der Waals surface area contributed by atoms with E-state index >= 15 is 0 Å². The van der Waals surface area contributed by atoms with Gasteiger partial charge >= 0.3 is 7.12 Å². The molecule has 1 fully saturated rings. The van der Waals surface area contributed by atoms with Crippen molar-refractivity contribution in [3.8, 4) is 5.75 Å². The third-order valence-electron chi connectivity index (χ3n) is 4.69. The van der Waals surface area contributed by atoms with E-state index in [-0.39, 0.29) is 17.1 Å². The number of fused-ring (bicyclic) bond motifs is 1. The van der Waals surface area contributed by atoms with Crippen LogP contribution >= 0.6 is 0 Å². The number of nitrogens with one attached hydrogen (secondary N) is 1. The van der Waals surface area contributed by atoms with Crippen LogP contribution in [0.4, 0.5) is 5.69 Å². The number of hydrogen-bond acceptors (Lipinski definition) is 4. The third-order valence-corrected chi connectivity index (χ3v) is 4.69. The zero-order valence-corrected chi connectivity index (χ0v) is 13.9. The zero-order chi connectivity index (χ0) is 16.3. The minimum atomic E-state index is -0.887. The Labute approximate surface area is 131 Å². The average molecular weight is 303 g/mol. The molecular weight excluding hydrogens is 281 g/mol. The van der Waals surface area contributed by atoms with Crippen LogP contribution in [-0.2, 0) is 14.1 Å². The number of amides is 1. The van der Waals surface area contributed by atoms with Gasteiger partial charge in [-0.15, -0.1) is 0 Å². The van der Waals surface area contributed by atoms with Crippen molar-refractivity contribution >= 4 is 24.2 Å². The van der Waals surface area contributed by atoms with Crippen molar-refractivity contribution in [2.75, 3.05) is 5.32 Å². The summed E-state index contributed by atoms with van der Waals surface area (Å²) in [4.78, 5) is 11.9.